The van der Waals surface area contributed by atoms with Crippen LogP contribution in [0.2, 0.25) is 5.15 Å². The fraction of sp³-hybridized carbons (Fsp3) is 0.409. The second-order valence-electron chi connectivity index (χ2n) is 9.09. The molecule has 3 aromatic heterocycles. The Hall–Kier alpha value is -3.20. The van der Waals surface area contributed by atoms with E-state index >= 15 is 0 Å². The van der Waals surface area contributed by atoms with Crippen molar-refractivity contribution in [3.05, 3.63) is 52.7 Å². The first-order valence-electron chi connectivity index (χ1n) is 10.4. The van der Waals surface area contributed by atoms with Crippen molar-refractivity contribution >= 4 is 35.0 Å². The number of nitrogens with one attached hydrogen (secondary N) is 2. The van der Waals surface area contributed by atoms with Crippen molar-refractivity contribution in [2.45, 2.75) is 46.8 Å². The van der Waals surface area contributed by atoms with Gasteiger partial charge in [0.15, 0.2) is 5.82 Å². The average molecular weight is 455 g/mol. The quantitative estimate of drug-likeness (QED) is 0.569. The summed E-state index contributed by atoms with van der Waals surface area (Å²) in [6.07, 6.45) is 5.52. The van der Waals surface area contributed by atoms with E-state index in [4.69, 9.17) is 16.6 Å². The molecule has 0 radical (unpaired) electrons. The zero-order chi connectivity index (χ0) is 23.0. The number of aryl methyl sites for hydroxylation is 1. The summed E-state index contributed by atoms with van der Waals surface area (Å²) in [5.41, 5.74) is 3.16. The maximum absolute atomic E-state index is 12.7. The first-order valence-corrected chi connectivity index (χ1v) is 10.8. The zero-order valence-electron chi connectivity index (χ0n) is 18.8. The Balaban J connectivity index is 1.48. The molecule has 10 heteroatoms. The number of fused-ring (bicyclic) bond motifs is 1. The summed E-state index contributed by atoms with van der Waals surface area (Å²) >= 11 is 5.84. The van der Waals surface area contributed by atoms with E-state index in [0.29, 0.717) is 35.7 Å². The lowest BCUT2D eigenvalue weighted by Gasteiger charge is -2.41. The summed E-state index contributed by atoms with van der Waals surface area (Å²) in [6, 6.07) is 3.37. The van der Waals surface area contributed by atoms with Gasteiger partial charge in [0.05, 0.1) is 18.4 Å². The number of aromatic nitrogens is 5. The van der Waals surface area contributed by atoms with Crippen LogP contribution in [0.4, 0.5) is 17.5 Å². The molecular weight excluding hydrogens is 428 g/mol. The van der Waals surface area contributed by atoms with Gasteiger partial charge in [-0.1, -0.05) is 38.4 Å². The molecule has 9 nitrogen and oxygen atoms in total. The predicted molar refractivity (Wildman–Crippen MR) is 125 cm³/mol. The molecule has 2 N–H and O–H groups in total. The molecule has 0 saturated heterocycles. The van der Waals surface area contributed by atoms with Crippen LogP contribution in [0.5, 0.6) is 0 Å². The molecule has 0 fully saturated rings. The van der Waals surface area contributed by atoms with Crippen LogP contribution in [0.3, 0.4) is 0 Å². The first kappa shape index (κ1) is 22.0. The molecule has 168 valence electrons. The van der Waals surface area contributed by atoms with E-state index in [1.807, 2.05) is 62.8 Å². The largest absolute Gasteiger partial charge is 0.350 e. The van der Waals surface area contributed by atoms with Gasteiger partial charge in [0, 0.05) is 31.5 Å². The zero-order valence-corrected chi connectivity index (χ0v) is 19.6. The highest BCUT2D eigenvalue weighted by atomic mass is 35.5. The summed E-state index contributed by atoms with van der Waals surface area (Å²) in [4.78, 5) is 27.9. The SMILES string of the molecule is Cc1nc(NCc2cnn(Cc3ccc(Cl)nc3)c2)nc2c1NC(=O)C(C(C)(C)C)N2C. The second-order valence-corrected chi connectivity index (χ2v) is 9.48. The van der Waals surface area contributed by atoms with Gasteiger partial charge < -0.3 is 15.5 Å². The van der Waals surface area contributed by atoms with Gasteiger partial charge in [-0.25, -0.2) is 9.97 Å². The van der Waals surface area contributed by atoms with Gasteiger partial charge in [0.1, 0.15) is 16.9 Å². The highest BCUT2D eigenvalue weighted by molar-refractivity contribution is 6.29. The van der Waals surface area contributed by atoms with Crippen LogP contribution in [-0.4, -0.2) is 43.7 Å². The summed E-state index contributed by atoms with van der Waals surface area (Å²) in [5.74, 6) is 1.18. The lowest BCUT2D eigenvalue weighted by atomic mass is 9.84. The lowest BCUT2D eigenvalue weighted by Crippen LogP contribution is -2.53. The number of carbonyl (C=O) groups excluding carboxylic acids is 1. The van der Waals surface area contributed by atoms with Crippen LogP contribution in [0, 0.1) is 12.3 Å². The van der Waals surface area contributed by atoms with Crippen LogP contribution < -0.4 is 15.5 Å². The van der Waals surface area contributed by atoms with Gasteiger partial charge in [0.25, 0.3) is 0 Å². The highest BCUT2D eigenvalue weighted by Crippen LogP contribution is 2.37. The smallest absolute Gasteiger partial charge is 0.247 e. The van der Waals surface area contributed by atoms with E-state index in [1.165, 1.54) is 0 Å². The minimum atomic E-state index is -0.322. The standard InChI is InChI=1S/C22H27ClN8O/c1-13-17-19(30(5)18(20(32)28-17)22(2,3)4)29-21(27-13)25-9-15-10-26-31(12-15)11-14-6-7-16(23)24-8-14/h6-8,10,12,18H,9,11H2,1-5H3,(H,28,32)(H,25,27,29). The molecule has 4 heterocycles. The third kappa shape index (κ3) is 4.52. The number of halogens is 1. The van der Waals surface area contributed by atoms with Gasteiger partial charge in [-0.15, -0.1) is 0 Å². The Morgan fingerprint density at radius 1 is 1.19 bits per heavy atom. The fourth-order valence-corrected chi connectivity index (χ4v) is 4.07. The van der Waals surface area contributed by atoms with Crippen LogP contribution in [0.15, 0.2) is 30.7 Å². The third-order valence-corrected chi connectivity index (χ3v) is 5.60. The number of hydrogen-bond donors (Lipinski definition) is 2. The van der Waals surface area contributed by atoms with Crippen LogP contribution in [0.1, 0.15) is 37.6 Å². The van der Waals surface area contributed by atoms with Crippen molar-refractivity contribution in [2.24, 2.45) is 5.41 Å². The summed E-state index contributed by atoms with van der Waals surface area (Å²) < 4.78 is 1.85. The molecule has 1 aliphatic heterocycles. The number of amides is 1. The lowest BCUT2D eigenvalue weighted by molar-refractivity contribution is -0.119. The van der Waals surface area contributed by atoms with Gasteiger partial charge in [0.2, 0.25) is 11.9 Å². The number of nitrogens with zero attached hydrogens (tertiary/aromatic N) is 6. The van der Waals surface area contributed by atoms with Crippen LogP contribution in [0.25, 0.3) is 0 Å². The average Bonchev–Trinajstić information content (AvgIpc) is 3.15. The predicted octanol–water partition coefficient (Wildman–Crippen LogP) is 3.49. The van der Waals surface area contributed by atoms with Gasteiger partial charge in [-0.2, -0.15) is 10.1 Å². The van der Waals surface area contributed by atoms with Crippen molar-refractivity contribution in [3.8, 4) is 0 Å². The maximum atomic E-state index is 12.7. The van der Waals surface area contributed by atoms with E-state index < -0.39 is 0 Å². The number of rotatable bonds is 5. The summed E-state index contributed by atoms with van der Waals surface area (Å²) in [5, 5.41) is 11.1. The Morgan fingerprint density at radius 3 is 2.66 bits per heavy atom. The molecule has 0 aromatic carbocycles. The Labute approximate surface area is 192 Å². The van der Waals surface area contributed by atoms with Crippen molar-refractivity contribution in [3.63, 3.8) is 0 Å². The van der Waals surface area contributed by atoms with E-state index in [1.54, 1.807) is 12.3 Å². The molecule has 0 aliphatic carbocycles. The molecule has 1 aliphatic rings. The van der Waals surface area contributed by atoms with E-state index in [0.717, 1.165) is 16.8 Å². The number of anilines is 3. The molecule has 1 unspecified atom stereocenters. The molecule has 0 bridgehead atoms. The number of likely N-dealkylation sites (N-methyl/N-ethyl adjacent to an activating group) is 1. The van der Waals surface area contributed by atoms with Crippen molar-refractivity contribution in [1.82, 2.24) is 24.7 Å². The number of pyridine rings is 1. The van der Waals surface area contributed by atoms with Gasteiger partial charge in [-0.3, -0.25) is 9.48 Å². The van der Waals surface area contributed by atoms with Crippen molar-refractivity contribution in [2.75, 3.05) is 22.6 Å². The maximum Gasteiger partial charge on any atom is 0.247 e. The third-order valence-electron chi connectivity index (χ3n) is 5.38. The number of hydrogen-bond acceptors (Lipinski definition) is 7. The molecule has 32 heavy (non-hydrogen) atoms. The number of carbonyl (C=O) groups is 1. The van der Waals surface area contributed by atoms with Crippen molar-refractivity contribution < 1.29 is 4.79 Å². The Morgan fingerprint density at radius 2 is 1.97 bits per heavy atom. The highest BCUT2D eigenvalue weighted by Gasteiger charge is 2.40. The molecule has 0 saturated carbocycles. The molecule has 3 aromatic rings. The topological polar surface area (TPSA) is 101 Å². The Bertz CT molecular complexity index is 1140. The normalized spacial score (nSPS) is 16.0. The van der Waals surface area contributed by atoms with Crippen LogP contribution in [-0.2, 0) is 17.9 Å². The van der Waals surface area contributed by atoms with E-state index in [-0.39, 0.29) is 17.4 Å². The van der Waals surface area contributed by atoms with Crippen molar-refractivity contribution in [1.29, 1.82) is 0 Å². The van der Waals surface area contributed by atoms with Gasteiger partial charge in [-0.05, 0) is 24.0 Å². The minimum Gasteiger partial charge on any atom is -0.350 e. The molecule has 1 amide bonds. The van der Waals surface area contributed by atoms with E-state index in [2.05, 4.69) is 25.7 Å². The summed E-state index contributed by atoms with van der Waals surface area (Å²) in [6.45, 7) is 9.14. The second kappa shape index (κ2) is 8.38. The Kier molecular flexibility index (Phi) is 5.77. The van der Waals surface area contributed by atoms with Crippen LogP contribution >= 0.6 is 11.6 Å². The van der Waals surface area contributed by atoms with E-state index in [9.17, 15) is 4.79 Å². The molecular formula is C22H27ClN8O. The molecule has 0 spiro atoms. The fourth-order valence-electron chi connectivity index (χ4n) is 3.95. The molecule has 1 atom stereocenters. The minimum absolute atomic E-state index is 0.0387. The summed E-state index contributed by atoms with van der Waals surface area (Å²) in [7, 11) is 1.90. The first-order chi connectivity index (χ1) is 15.1. The molecule has 4 rings (SSSR count). The van der Waals surface area contributed by atoms with Gasteiger partial charge >= 0.3 is 0 Å². The monoisotopic (exact) mass is 454 g/mol.